The molecule has 0 radical (unpaired) electrons. The Bertz CT molecular complexity index is 1750. The van der Waals surface area contributed by atoms with Gasteiger partial charge in [-0.1, -0.05) is 41.9 Å². The Morgan fingerprint density at radius 1 is 0.719 bits per heavy atom. The summed E-state index contributed by atoms with van der Waals surface area (Å²) in [5.41, 5.74) is -1.27. The number of hydrogen-bond donors (Lipinski definition) is 0. The molecule has 0 aliphatic rings. The maximum atomic E-state index is 13.5. The first-order valence-corrected chi connectivity index (χ1v) is 13.3. The van der Waals surface area contributed by atoms with Crippen molar-refractivity contribution in [2.45, 2.75) is 9.10 Å². The van der Waals surface area contributed by atoms with Gasteiger partial charge in [-0.05, 0) is 53.9 Å². The van der Waals surface area contributed by atoms with Gasteiger partial charge < -0.3 is 0 Å². The molecule has 5 aromatic rings. The van der Waals surface area contributed by atoms with Crippen molar-refractivity contribution >= 4 is 64.1 Å². The molecule has 0 unspecified atom stereocenters. The Morgan fingerprint density at radius 3 is 1.91 bits per heavy atom. The fourth-order valence-corrected chi connectivity index (χ4v) is 7.88. The lowest BCUT2D eigenvalue weighted by Crippen LogP contribution is -2.32. The fourth-order valence-electron chi connectivity index (χ4n) is 3.45. The van der Waals surface area contributed by atoms with Crippen molar-refractivity contribution in [3.63, 3.8) is 0 Å². The van der Waals surface area contributed by atoms with Crippen LogP contribution in [0.4, 0.5) is 0 Å². The van der Waals surface area contributed by atoms with Gasteiger partial charge in [0.1, 0.15) is 4.21 Å². The van der Waals surface area contributed by atoms with Crippen LogP contribution in [0.25, 0.3) is 21.1 Å². The third kappa shape index (κ3) is 3.10. The molecule has 0 spiro atoms. The number of hydrogen-bond acceptors (Lipinski definition) is 6. The number of halogens is 1. The standard InChI is InChI=1S/C21H13ClN2O5S3/c22-15-9-11-16(12-10-15)31(26,27)23-17-6-2-3-7-18(17)24(21(23)25)32(28,29)20-13-14-5-1-4-8-19(14)30-20/h1-13H. The number of benzene rings is 3. The van der Waals surface area contributed by atoms with Crippen LogP contribution in [0.15, 0.2) is 92.8 Å². The number of imidazole rings is 1. The van der Waals surface area contributed by atoms with Crippen molar-refractivity contribution in [2.75, 3.05) is 0 Å². The van der Waals surface area contributed by atoms with Crippen molar-refractivity contribution in [1.29, 1.82) is 0 Å². The molecule has 0 saturated heterocycles. The Labute approximate surface area is 191 Å². The van der Waals surface area contributed by atoms with E-state index in [2.05, 4.69) is 0 Å². The highest BCUT2D eigenvalue weighted by Crippen LogP contribution is 2.31. The van der Waals surface area contributed by atoms with Gasteiger partial charge in [0.05, 0.1) is 15.9 Å². The maximum absolute atomic E-state index is 13.5. The second kappa shape index (κ2) is 7.31. The molecule has 0 bridgehead atoms. The van der Waals surface area contributed by atoms with E-state index in [4.69, 9.17) is 11.6 Å². The van der Waals surface area contributed by atoms with Crippen LogP contribution in [0, 0.1) is 0 Å². The minimum Gasteiger partial charge on any atom is -0.245 e. The molecule has 0 atom stereocenters. The fraction of sp³-hybridized carbons (Fsp3) is 0. The molecule has 3 aromatic carbocycles. The van der Waals surface area contributed by atoms with Crippen LogP contribution in [0.3, 0.4) is 0 Å². The van der Waals surface area contributed by atoms with E-state index >= 15 is 0 Å². The topological polar surface area (TPSA) is 95.2 Å². The number of fused-ring (bicyclic) bond motifs is 2. The normalized spacial score (nSPS) is 12.5. The van der Waals surface area contributed by atoms with Crippen LogP contribution in [0.2, 0.25) is 5.02 Å². The average molecular weight is 505 g/mol. The summed E-state index contributed by atoms with van der Waals surface area (Å²) in [6, 6.07) is 19.7. The first kappa shape index (κ1) is 21.0. The van der Waals surface area contributed by atoms with E-state index in [0.29, 0.717) is 18.4 Å². The van der Waals surface area contributed by atoms with Gasteiger partial charge in [0.2, 0.25) is 0 Å². The molecule has 7 nitrogen and oxygen atoms in total. The lowest BCUT2D eigenvalue weighted by molar-refractivity contribution is 0.583. The van der Waals surface area contributed by atoms with Gasteiger partial charge in [-0.25, -0.2) is 13.2 Å². The summed E-state index contributed by atoms with van der Waals surface area (Å²) in [5, 5.41) is 1.03. The molecule has 0 amide bonds. The van der Waals surface area contributed by atoms with E-state index in [0.717, 1.165) is 16.0 Å². The highest BCUT2D eigenvalue weighted by atomic mass is 35.5. The van der Waals surface area contributed by atoms with Crippen molar-refractivity contribution in [3.05, 3.63) is 94.4 Å². The predicted molar refractivity (Wildman–Crippen MR) is 125 cm³/mol. The second-order valence-electron chi connectivity index (χ2n) is 6.87. The Kier molecular flexibility index (Phi) is 4.79. The molecule has 11 heteroatoms. The number of rotatable bonds is 4. The molecule has 32 heavy (non-hydrogen) atoms. The molecule has 0 fully saturated rings. The number of para-hydroxylation sites is 2. The van der Waals surface area contributed by atoms with Crippen LogP contribution in [-0.2, 0) is 20.0 Å². The van der Waals surface area contributed by atoms with Gasteiger partial charge in [0.25, 0.3) is 20.0 Å². The summed E-state index contributed by atoms with van der Waals surface area (Å²) in [6.07, 6.45) is 0. The third-order valence-corrected chi connectivity index (χ3v) is 10.1. The predicted octanol–water partition coefficient (Wildman–Crippen LogP) is 4.15. The van der Waals surface area contributed by atoms with Crippen LogP contribution < -0.4 is 5.69 Å². The van der Waals surface area contributed by atoms with Crippen molar-refractivity contribution in [3.8, 4) is 0 Å². The summed E-state index contributed by atoms with van der Waals surface area (Å²) < 4.78 is 55.4. The average Bonchev–Trinajstić information content (AvgIpc) is 3.33. The third-order valence-electron chi connectivity index (χ3n) is 4.92. The number of nitrogens with zero attached hydrogens (tertiary/aromatic N) is 2. The summed E-state index contributed by atoms with van der Waals surface area (Å²) >= 11 is 6.86. The van der Waals surface area contributed by atoms with E-state index in [9.17, 15) is 21.6 Å². The molecule has 0 aliphatic heterocycles. The van der Waals surface area contributed by atoms with Crippen molar-refractivity contribution in [2.24, 2.45) is 0 Å². The zero-order valence-corrected chi connectivity index (χ0v) is 19.2. The van der Waals surface area contributed by atoms with Gasteiger partial charge in [-0.2, -0.15) is 16.4 Å². The monoisotopic (exact) mass is 504 g/mol. The van der Waals surface area contributed by atoms with Gasteiger partial charge in [-0.15, -0.1) is 11.3 Å². The maximum Gasteiger partial charge on any atom is 0.357 e. The first-order valence-electron chi connectivity index (χ1n) is 9.19. The van der Waals surface area contributed by atoms with Crippen molar-refractivity contribution < 1.29 is 16.8 Å². The largest absolute Gasteiger partial charge is 0.357 e. The Balaban J connectivity index is 1.82. The molecular formula is C21H13ClN2O5S3. The minimum absolute atomic E-state index is 0.0347. The van der Waals surface area contributed by atoms with Gasteiger partial charge in [-0.3, -0.25) is 0 Å². The number of aromatic nitrogens is 2. The summed E-state index contributed by atoms with van der Waals surface area (Å²) in [6.45, 7) is 0. The Hall–Kier alpha value is -2.92. The smallest absolute Gasteiger partial charge is 0.245 e. The molecule has 0 saturated carbocycles. The molecule has 0 N–H and O–H groups in total. The lowest BCUT2D eigenvalue weighted by atomic mass is 10.3. The van der Waals surface area contributed by atoms with E-state index in [1.54, 1.807) is 24.3 Å². The van der Waals surface area contributed by atoms with Gasteiger partial charge in [0.15, 0.2) is 0 Å². The zero-order valence-electron chi connectivity index (χ0n) is 16.0. The van der Waals surface area contributed by atoms with Gasteiger partial charge >= 0.3 is 5.69 Å². The van der Waals surface area contributed by atoms with Crippen LogP contribution in [-0.4, -0.2) is 24.8 Å². The van der Waals surface area contributed by atoms with Crippen LogP contribution in [0.5, 0.6) is 0 Å². The number of thiophene rings is 1. The minimum atomic E-state index is -4.40. The van der Waals surface area contributed by atoms with E-state index in [1.165, 1.54) is 54.6 Å². The van der Waals surface area contributed by atoms with Crippen LogP contribution >= 0.6 is 22.9 Å². The second-order valence-corrected chi connectivity index (χ2v) is 12.2. The molecule has 5 rings (SSSR count). The highest BCUT2D eigenvalue weighted by molar-refractivity contribution is 7.92. The molecule has 0 aliphatic carbocycles. The lowest BCUT2D eigenvalue weighted by Gasteiger charge is -2.05. The van der Waals surface area contributed by atoms with Crippen LogP contribution in [0.1, 0.15) is 0 Å². The van der Waals surface area contributed by atoms with E-state index in [-0.39, 0.29) is 20.1 Å². The molecule has 2 aromatic heterocycles. The summed E-state index contributed by atoms with van der Waals surface area (Å²) in [4.78, 5) is 13.2. The molecule has 2 heterocycles. The molecular weight excluding hydrogens is 492 g/mol. The summed E-state index contributed by atoms with van der Waals surface area (Å²) in [5.74, 6) is 0. The first-order chi connectivity index (χ1) is 15.2. The molecule has 162 valence electrons. The van der Waals surface area contributed by atoms with E-state index in [1.807, 2.05) is 0 Å². The zero-order chi connectivity index (χ0) is 22.7. The highest BCUT2D eigenvalue weighted by Gasteiger charge is 2.31. The van der Waals surface area contributed by atoms with Gasteiger partial charge in [0, 0.05) is 9.72 Å². The Morgan fingerprint density at radius 2 is 1.28 bits per heavy atom. The summed E-state index contributed by atoms with van der Waals surface area (Å²) in [7, 11) is -8.77. The quantitative estimate of drug-likeness (QED) is 0.366. The van der Waals surface area contributed by atoms with E-state index < -0.39 is 25.7 Å². The SMILES string of the molecule is O=c1n(S(=O)(=O)c2ccc(Cl)cc2)c2ccccc2n1S(=O)(=O)c1cc2ccccc2s1. The van der Waals surface area contributed by atoms with Crippen molar-refractivity contribution in [1.82, 2.24) is 7.94 Å².